The molecule has 2 saturated heterocycles. The molecule has 4 aliphatic heterocycles. The number of benzene rings is 2. The Morgan fingerprint density at radius 1 is 1.09 bits per heavy atom. The lowest BCUT2D eigenvalue weighted by atomic mass is 9.77. The minimum Gasteiger partial charge on any atom is -0.497 e. The van der Waals surface area contributed by atoms with Gasteiger partial charge in [0.25, 0.3) is 0 Å². The standard InChI is InChI=1S/C24H22N2O7/c1-29-15-7-13(8-16(10-15)30-2)25-22(27)20-18-5-6-24(33-18)11-26(23(28)21(20)24)14-3-4-17-19(9-14)32-12-31-17/h3-10,18,20-21H,11-12H2,1-2H3,(H,25,27)/t18-,20-,21-,24-/m1/s1. The first-order valence-electron chi connectivity index (χ1n) is 10.6. The molecule has 1 N–H and O–H groups in total. The zero-order chi connectivity index (χ0) is 22.7. The van der Waals surface area contributed by atoms with E-state index in [4.69, 9.17) is 23.7 Å². The first-order chi connectivity index (χ1) is 16.0. The average Bonchev–Trinajstić information content (AvgIpc) is 3.58. The van der Waals surface area contributed by atoms with E-state index < -0.39 is 23.5 Å². The molecule has 2 fully saturated rings. The average molecular weight is 450 g/mol. The smallest absolute Gasteiger partial charge is 0.234 e. The largest absolute Gasteiger partial charge is 0.497 e. The van der Waals surface area contributed by atoms with Crippen LogP contribution in [0.1, 0.15) is 0 Å². The van der Waals surface area contributed by atoms with Gasteiger partial charge in [-0.05, 0) is 12.1 Å². The molecule has 6 rings (SSSR count). The fourth-order valence-corrected chi connectivity index (χ4v) is 5.17. The van der Waals surface area contributed by atoms with Crippen LogP contribution < -0.4 is 29.2 Å². The summed E-state index contributed by atoms with van der Waals surface area (Å²) in [5, 5.41) is 2.92. The van der Waals surface area contributed by atoms with Crippen LogP contribution in [0.25, 0.3) is 0 Å². The van der Waals surface area contributed by atoms with Gasteiger partial charge in [0, 0.05) is 35.6 Å². The van der Waals surface area contributed by atoms with Gasteiger partial charge in [-0.25, -0.2) is 0 Å². The summed E-state index contributed by atoms with van der Waals surface area (Å²) in [7, 11) is 3.08. The first-order valence-corrected chi connectivity index (χ1v) is 10.6. The van der Waals surface area contributed by atoms with Gasteiger partial charge in [0.2, 0.25) is 18.6 Å². The van der Waals surface area contributed by atoms with Crippen LogP contribution in [-0.4, -0.2) is 51.1 Å². The third kappa shape index (κ3) is 2.96. The van der Waals surface area contributed by atoms with Crippen LogP contribution in [-0.2, 0) is 14.3 Å². The SMILES string of the molecule is COc1cc(NC(=O)[C@@H]2[C@H]3C=C[C@]4(CN(c5ccc6c(c5)OCO6)C(=O)[C@@H]24)O3)cc(OC)c1. The maximum Gasteiger partial charge on any atom is 0.234 e. The zero-order valence-electron chi connectivity index (χ0n) is 18.1. The maximum absolute atomic E-state index is 13.6. The summed E-state index contributed by atoms with van der Waals surface area (Å²) in [5.41, 5.74) is 0.381. The number of rotatable bonds is 5. The van der Waals surface area contributed by atoms with Gasteiger partial charge in [-0.2, -0.15) is 0 Å². The van der Waals surface area contributed by atoms with Crippen LogP contribution >= 0.6 is 0 Å². The predicted molar refractivity (Wildman–Crippen MR) is 117 cm³/mol. The molecule has 0 aliphatic carbocycles. The van der Waals surface area contributed by atoms with Crippen molar-refractivity contribution in [3.63, 3.8) is 0 Å². The van der Waals surface area contributed by atoms with E-state index >= 15 is 0 Å². The summed E-state index contributed by atoms with van der Waals surface area (Å²) in [5.74, 6) is 0.636. The van der Waals surface area contributed by atoms with Crippen LogP contribution in [0.4, 0.5) is 11.4 Å². The number of methoxy groups -OCH3 is 2. The van der Waals surface area contributed by atoms with E-state index in [0.717, 1.165) is 0 Å². The number of fused-ring (bicyclic) bond motifs is 2. The Hall–Kier alpha value is -3.72. The molecule has 0 unspecified atom stereocenters. The Labute approximate surface area is 189 Å². The molecule has 9 nitrogen and oxygen atoms in total. The second kappa shape index (κ2) is 7.14. The number of hydrogen-bond donors (Lipinski definition) is 1. The van der Waals surface area contributed by atoms with Gasteiger partial charge in [-0.15, -0.1) is 0 Å². The number of carbonyl (C=O) groups excluding carboxylic acids is 2. The number of ether oxygens (including phenoxy) is 5. The topological polar surface area (TPSA) is 95.6 Å². The quantitative estimate of drug-likeness (QED) is 0.699. The molecule has 9 heteroatoms. The van der Waals surface area contributed by atoms with Crippen molar-refractivity contribution in [1.29, 1.82) is 0 Å². The highest BCUT2D eigenvalue weighted by Gasteiger charge is 2.67. The highest BCUT2D eigenvalue weighted by molar-refractivity contribution is 6.05. The van der Waals surface area contributed by atoms with Gasteiger partial charge < -0.3 is 33.9 Å². The van der Waals surface area contributed by atoms with E-state index in [0.29, 0.717) is 40.9 Å². The molecule has 2 aromatic carbocycles. The summed E-state index contributed by atoms with van der Waals surface area (Å²) >= 11 is 0. The molecule has 33 heavy (non-hydrogen) atoms. The van der Waals surface area contributed by atoms with Crippen molar-refractivity contribution in [3.8, 4) is 23.0 Å². The minimum absolute atomic E-state index is 0.149. The second-order valence-electron chi connectivity index (χ2n) is 8.45. The normalized spacial score (nSPS) is 28.2. The minimum atomic E-state index is -0.827. The van der Waals surface area contributed by atoms with Gasteiger partial charge in [-0.1, -0.05) is 12.2 Å². The number of anilines is 2. The highest BCUT2D eigenvalue weighted by Crippen LogP contribution is 2.53. The van der Waals surface area contributed by atoms with Crippen molar-refractivity contribution in [2.45, 2.75) is 11.7 Å². The molecule has 0 radical (unpaired) electrons. The van der Waals surface area contributed by atoms with Gasteiger partial charge in [-0.3, -0.25) is 9.59 Å². The third-order valence-electron chi connectivity index (χ3n) is 6.69. The predicted octanol–water partition coefficient (Wildman–Crippen LogP) is 2.36. The van der Waals surface area contributed by atoms with Crippen LogP contribution in [0.15, 0.2) is 48.6 Å². The molecule has 0 saturated carbocycles. The van der Waals surface area contributed by atoms with Crippen molar-refractivity contribution in [1.82, 2.24) is 0 Å². The van der Waals surface area contributed by atoms with E-state index in [-0.39, 0.29) is 18.6 Å². The molecule has 170 valence electrons. The number of carbonyl (C=O) groups is 2. The molecular weight excluding hydrogens is 428 g/mol. The van der Waals surface area contributed by atoms with Crippen LogP contribution in [0, 0.1) is 11.8 Å². The van der Waals surface area contributed by atoms with Crippen LogP contribution in [0.3, 0.4) is 0 Å². The zero-order valence-corrected chi connectivity index (χ0v) is 18.1. The van der Waals surface area contributed by atoms with E-state index in [1.807, 2.05) is 18.2 Å². The summed E-state index contributed by atoms with van der Waals surface area (Å²) < 4.78 is 27.6. The molecule has 0 aromatic heterocycles. The summed E-state index contributed by atoms with van der Waals surface area (Å²) in [6.45, 7) is 0.490. The number of nitrogens with one attached hydrogen (secondary N) is 1. The number of hydrogen-bond acceptors (Lipinski definition) is 7. The third-order valence-corrected chi connectivity index (χ3v) is 6.69. The van der Waals surface area contributed by atoms with Crippen LogP contribution in [0.5, 0.6) is 23.0 Å². The molecule has 4 aliphatic rings. The Morgan fingerprint density at radius 3 is 2.61 bits per heavy atom. The maximum atomic E-state index is 13.6. The molecule has 4 heterocycles. The molecular formula is C24H22N2O7. The van der Waals surface area contributed by atoms with Gasteiger partial charge in [0.15, 0.2) is 11.5 Å². The van der Waals surface area contributed by atoms with E-state index in [1.165, 1.54) is 0 Å². The summed E-state index contributed by atoms with van der Waals surface area (Å²) in [6, 6.07) is 10.5. The van der Waals surface area contributed by atoms with Gasteiger partial charge in [0.1, 0.15) is 17.1 Å². The Kier molecular flexibility index (Phi) is 4.31. The van der Waals surface area contributed by atoms with Crippen molar-refractivity contribution in [2.24, 2.45) is 11.8 Å². The van der Waals surface area contributed by atoms with Gasteiger partial charge in [0.05, 0.1) is 38.7 Å². The summed E-state index contributed by atoms with van der Waals surface area (Å²) in [4.78, 5) is 28.6. The molecule has 1 spiro atoms. The van der Waals surface area contributed by atoms with Crippen molar-refractivity contribution >= 4 is 23.2 Å². The summed E-state index contributed by atoms with van der Waals surface area (Å²) in [6.07, 6.45) is 3.35. The molecule has 2 aromatic rings. The first kappa shape index (κ1) is 19.9. The lowest BCUT2D eigenvalue weighted by Crippen LogP contribution is -2.41. The van der Waals surface area contributed by atoms with Crippen LogP contribution in [0.2, 0.25) is 0 Å². The van der Waals surface area contributed by atoms with Crippen molar-refractivity contribution in [2.75, 3.05) is 37.8 Å². The Balaban J connectivity index is 1.28. The molecule has 2 bridgehead atoms. The van der Waals surface area contributed by atoms with E-state index in [2.05, 4.69) is 5.32 Å². The Bertz CT molecular complexity index is 1170. The number of nitrogens with zero attached hydrogens (tertiary/aromatic N) is 1. The number of amides is 2. The monoisotopic (exact) mass is 450 g/mol. The second-order valence-corrected chi connectivity index (χ2v) is 8.45. The van der Waals surface area contributed by atoms with Crippen molar-refractivity contribution in [3.05, 3.63) is 48.6 Å². The fraction of sp³-hybridized carbons (Fsp3) is 0.333. The molecule has 4 atom stereocenters. The van der Waals surface area contributed by atoms with Crippen molar-refractivity contribution < 1.29 is 33.3 Å². The fourth-order valence-electron chi connectivity index (χ4n) is 5.17. The van der Waals surface area contributed by atoms with Gasteiger partial charge >= 0.3 is 0 Å². The highest BCUT2D eigenvalue weighted by atomic mass is 16.7. The molecule has 2 amide bonds. The Morgan fingerprint density at radius 2 is 1.85 bits per heavy atom. The lowest BCUT2D eigenvalue weighted by molar-refractivity contribution is -0.128. The lowest BCUT2D eigenvalue weighted by Gasteiger charge is -2.23. The van der Waals surface area contributed by atoms with E-state index in [9.17, 15) is 9.59 Å². The van der Waals surface area contributed by atoms with E-state index in [1.54, 1.807) is 49.5 Å².